The third-order valence-electron chi connectivity index (χ3n) is 1.93. The van der Waals surface area contributed by atoms with E-state index >= 15 is 0 Å². The number of benzene rings is 1. The first kappa shape index (κ1) is 14.0. The highest BCUT2D eigenvalue weighted by Gasteiger charge is 2.04. The van der Waals surface area contributed by atoms with Crippen molar-refractivity contribution in [3.8, 4) is 6.19 Å². The van der Waals surface area contributed by atoms with Crippen LogP contribution < -0.4 is 5.32 Å². The Kier molecular flexibility index (Phi) is 6.05. The SMILES string of the molecule is COCc1ccc(Br)cc1N=C(NC#N)SC. The summed E-state index contributed by atoms with van der Waals surface area (Å²) in [7, 11) is 1.64. The van der Waals surface area contributed by atoms with Crippen LogP contribution in [0.25, 0.3) is 0 Å². The van der Waals surface area contributed by atoms with Crippen molar-refractivity contribution in [2.24, 2.45) is 4.99 Å². The van der Waals surface area contributed by atoms with E-state index in [9.17, 15) is 0 Å². The average Bonchev–Trinajstić information content (AvgIpc) is 2.32. The van der Waals surface area contributed by atoms with E-state index < -0.39 is 0 Å². The fraction of sp³-hybridized carbons (Fsp3) is 0.273. The minimum atomic E-state index is 0.486. The lowest BCUT2D eigenvalue weighted by molar-refractivity contribution is 0.185. The number of hydrogen-bond donors (Lipinski definition) is 1. The molecule has 0 heterocycles. The van der Waals surface area contributed by atoms with Crippen molar-refractivity contribution in [3.63, 3.8) is 0 Å². The Hall–Kier alpha value is -1.03. The van der Waals surface area contributed by atoms with Gasteiger partial charge in [-0.25, -0.2) is 4.99 Å². The summed E-state index contributed by atoms with van der Waals surface area (Å²) in [5.41, 5.74) is 1.76. The number of rotatable bonds is 3. The largest absolute Gasteiger partial charge is 0.380 e. The van der Waals surface area contributed by atoms with Gasteiger partial charge in [0.25, 0.3) is 0 Å². The standard InChI is InChI=1S/C11H12BrN3OS/c1-16-6-8-3-4-9(12)5-10(8)15-11(17-2)14-7-13/h3-5H,6H2,1-2H3,(H,14,15). The molecule has 0 radical (unpaired) electrons. The number of amidine groups is 1. The van der Waals surface area contributed by atoms with Crippen LogP contribution in [0.4, 0.5) is 5.69 Å². The highest BCUT2D eigenvalue weighted by molar-refractivity contribution is 9.10. The van der Waals surface area contributed by atoms with Gasteiger partial charge in [0.1, 0.15) is 0 Å². The van der Waals surface area contributed by atoms with Gasteiger partial charge in [0.05, 0.1) is 12.3 Å². The summed E-state index contributed by atoms with van der Waals surface area (Å²) in [5, 5.41) is 11.7. The first-order valence-electron chi connectivity index (χ1n) is 4.76. The maximum absolute atomic E-state index is 8.58. The summed E-state index contributed by atoms with van der Waals surface area (Å²) in [4.78, 5) is 4.38. The summed E-state index contributed by atoms with van der Waals surface area (Å²) in [5.74, 6) is 0. The monoisotopic (exact) mass is 313 g/mol. The van der Waals surface area contributed by atoms with Crippen LogP contribution >= 0.6 is 27.7 Å². The lowest BCUT2D eigenvalue weighted by Gasteiger charge is -2.06. The van der Waals surface area contributed by atoms with Gasteiger partial charge in [0.15, 0.2) is 11.4 Å². The molecule has 0 atom stereocenters. The predicted octanol–water partition coefficient (Wildman–Crippen LogP) is 3.02. The molecule has 0 bridgehead atoms. The Morgan fingerprint density at radius 2 is 2.41 bits per heavy atom. The van der Waals surface area contributed by atoms with E-state index in [0.29, 0.717) is 11.8 Å². The highest BCUT2D eigenvalue weighted by atomic mass is 79.9. The first-order valence-corrected chi connectivity index (χ1v) is 6.78. The molecule has 0 amide bonds. The van der Waals surface area contributed by atoms with E-state index in [1.54, 1.807) is 7.11 Å². The minimum Gasteiger partial charge on any atom is -0.380 e. The zero-order chi connectivity index (χ0) is 12.7. The summed E-state index contributed by atoms with van der Waals surface area (Å²) in [6.07, 6.45) is 3.72. The van der Waals surface area contributed by atoms with Crippen molar-refractivity contribution in [1.82, 2.24) is 5.32 Å². The second-order valence-corrected chi connectivity index (χ2v) is 4.77. The molecule has 0 aliphatic heterocycles. The molecule has 1 N–H and O–H groups in total. The number of nitrogens with zero attached hydrogens (tertiary/aromatic N) is 2. The highest BCUT2D eigenvalue weighted by Crippen LogP contribution is 2.25. The van der Waals surface area contributed by atoms with Gasteiger partial charge < -0.3 is 4.74 Å². The molecule has 0 saturated heterocycles. The topological polar surface area (TPSA) is 57.4 Å². The molecule has 0 unspecified atom stereocenters. The van der Waals surface area contributed by atoms with Gasteiger partial charge >= 0.3 is 0 Å². The molecule has 0 spiro atoms. The second-order valence-electron chi connectivity index (χ2n) is 3.06. The van der Waals surface area contributed by atoms with Crippen LogP contribution in [0.15, 0.2) is 27.7 Å². The molecule has 17 heavy (non-hydrogen) atoms. The minimum absolute atomic E-state index is 0.486. The predicted molar refractivity (Wildman–Crippen MR) is 74.2 cm³/mol. The van der Waals surface area contributed by atoms with Gasteiger partial charge in [0.2, 0.25) is 0 Å². The lowest BCUT2D eigenvalue weighted by atomic mass is 10.2. The molecule has 0 aliphatic carbocycles. The number of thioether (sulfide) groups is 1. The van der Waals surface area contributed by atoms with Crippen LogP contribution in [0.1, 0.15) is 5.56 Å². The summed E-state index contributed by atoms with van der Waals surface area (Å²) >= 11 is 4.78. The molecule has 0 saturated carbocycles. The Morgan fingerprint density at radius 1 is 1.65 bits per heavy atom. The summed E-state index contributed by atoms with van der Waals surface area (Å²) < 4.78 is 6.05. The van der Waals surface area contributed by atoms with Gasteiger partial charge in [-0.1, -0.05) is 33.8 Å². The molecule has 1 rings (SSSR count). The van der Waals surface area contributed by atoms with Gasteiger partial charge in [-0.15, -0.1) is 0 Å². The van der Waals surface area contributed by atoms with Crippen molar-refractivity contribution in [2.45, 2.75) is 6.61 Å². The molecular weight excluding hydrogens is 302 g/mol. The van der Waals surface area contributed by atoms with E-state index in [1.807, 2.05) is 30.6 Å². The summed E-state index contributed by atoms with van der Waals surface area (Å²) in [6, 6.07) is 5.77. The third kappa shape index (κ3) is 4.38. The number of aliphatic imine (C=N–C) groups is 1. The van der Waals surface area contributed by atoms with E-state index in [1.165, 1.54) is 11.8 Å². The van der Waals surface area contributed by atoms with Gasteiger partial charge in [-0.05, 0) is 18.4 Å². The number of ether oxygens (including phenoxy) is 1. The molecular formula is C11H12BrN3OS. The molecule has 1 aromatic carbocycles. The summed E-state index contributed by atoms with van der Waals surface area (Å²) in [6.45, 7) is 0.486. The Morgan fingerprint density at radius 3 is 3.00 bits per heavy atom. The van der Waals surface area contributed by atoms with Crippen molar-refractivity contribution >= 4 is 38.5 Å². The molecule has 1 aromatic rings. The number of methoxy groups -OCH3 is 1. The van der Waals surface area contributed by atoms with E-state index in [4.69, 9.17) is 10.00 Å². The van der Waals surface area contributed by atoms with Gasteiger partial charge in [0, 0.05) is 17.1 Å². The Balaban J connectivity index is 3.10. The normalized spacial score (nSPS) is 11.1. The smallest absolute Gasteiger partial charge is 0.183 e. The van der Waals surface area contributed by atoms with Crippen LogP contribution in [0.5, 0.6) is 0 Å². The fourth-order valence-corrected chi connectivity index (χ4v) is 1.89. The Labute approximate surface area is 113 Å². The van der Waals surface area contributed by atoms with Crippen molar-refractivity contribution < 1.29 is 4.74 Å². The molecule has 6 heteroatoms. The van der Waals surface area contributed by atoms with Gasteiger partial charge in [-0.3, -0.25) is 5.32 Å². The maximum atomic E-state index is 8.58. The first-order chi connectivity index (χ1) is 8.21. The quantitative estimate of drug-likeness (QED) is 0.403. The molecule has 90 valence electrons. The van der Waals surface area contributed by atoms with E-state index in [-0.39, 0.29) is 0 Å². The molecule has 0 fully saturated rings. The van der Waals surface area contributed by atoms with Crippen LogP contribution in [-0.4, -0.2) is 18.5 Å². The third-order valence-corrected chi connectivity index (χ3v) is 3.00. The van der Waals surface area contributed by atoms with Crippen LogP contribution in [0, 0.1) is 11.5 Å². The van der Waals surface area contributed by atoms with Crippen molar-refractivity contribution in [3.05, 3.63) is 28.2 Å². The molecule has 0 aromatic heterocycles. The van der Waals surface area contributed by atoms with Crippen molar-refractivity contribution in [2.75, 3.05) is 13.4 Å². The van der Waals surface area contributed by atoms with Gasteiger partial charge in [-0.2, -0.15) is 5.26 Å². The van der Waals surface area contributed by atoms with Crippen molar-refractivity contribution in [1.29, 1.82) is 5.26 Å². The zero-order valence-corrected chi connectivity index (χ0v) is 11.9. The zero-order valence-electron chi connectivity index (χ0n) is 9.53. The number of nitriles is 1. The Bertz CT molecular complexity index is 457. The average molecular weight is 314 g/mol. The van der Waals surface area contributed by atoms with Crippen LogP contribution in [0.3, 0.4) is 0 Å². The number of nitrogens with one attached hydrogen (secondary N) is 1. The van der Waals surface area contributed by atoms with Crippen LogP contribution in [-0.2, 0) is 11.3 Å². The van der Waals surface area contributed by atoms with E-state index in [0.717, 1.165) is 15.7 Å². The number of hydrogen-bond acceptors (Lipinski definition) is 4. The maximum Gasteiger partial charge on any atom is 0.183 e. The molecule has 0 aliphatic rings. The fourth-order valence-electron chi connectivity index (χ4n) is 1.20. The lowest BCUT2D eigenvalue weighted by Crippen LogP contribution is -2.12. The second kappa shape index (κ2) is 7.33. The molecule has 4 nitrogen and oxygen atoms in total. The van der Waals surface area contributed by atoms with Crippen LogP contribution in [0.2, 0.25) is 0 Å². The van der Waals surface area contributed by atoms with E-state index in [2.05, 4.69) is 26.2 Å². The number of halogens is 1.